The van der Waals surface area contributed by atoms with E-state index in [4.69, 9.17) is 15.2 Å². The van der Waals surface area contributed by atoms with Gasteiger partial charge in [-0.05, 0) is 19.8 Å². The minimum absolute atomic E-state index is 0. The van der Waals surface area contributed by atoms with Crippen molar-refractivity contribution in [3.63, 3.8) is 0 Å². The van der Waals surface area contributed by atoms with E-state index in [9.17, 15) is 0 Å². The van der Waals surface area contributed by atoms with Gasteiger partial charge >= 0.3 is 0 Å². The highest BCUT2D eigenvalue weighted by atomic mass is 127. The van der Waals surface area contributed by atoms with Gasteiger partial charge in [0.2, 0.25) is 0 Å². The van der Waals surface area contributed by atoms with E-state index in [0.717, 1.165) is 32.7 Å². The number of nitrogens with zero attached hydrogens (tertiary/aromatic N) is 2. The summed E-state index contributed by atoms with van der Waals surface area (Å²) in [5, 5.41) is 0. The molecule has 0 bridgehead atoms. The maximum atomic E-state index is 6.06. The fourth-order valence-corrected chi connectivity index (χ4v) is 2.86. The Kier molecular flexibility index (Phi) is 7.38. The highest BCUT2D eigenvalue weighted by Crippen LogP contribution is 2.27. The van der Waals surface area contributed by atoms with Crippen molar-refractivity contribution in [1.82, 2.24) is 4.90 Å². The Morgan fingerprint density at radius 1 is 1.47 bits per heavy atom. The molecule has 112 valence electrons. The lowest BCUT2D eigenvalue weighted by molar-refractivity contribution is 0.00519. The molecule has 6 heteroatoms. The van der Waals surface area contributed by atoms with Crippen LogP contribution in [-0.2, 0) is 9.47 Å². The highest BCUT2D eigenvalue weighted by molar-refractivity contribution is 14.0. The molecule has 2 aliphatic rings. The van der Waals surface area contributed by atoms with Gasteiger partial charge in [-0.3, -0.25) is 4.99 Å². The molecule has 2 rings (SSSR count). The van der Waals surface area contributed by atoms with Crippen LogP contribution < -0.4 is 5.73 Å². The largest absolute Gasteiger partial charge is 0.381 e. The first-order chi connectivity index (χ1) is 8.70. The fourth-order valence-electron chi connectivity index (χ4n) is 2.86. The van der Waals surface area contributed by atoms with Crippen LogP contribution in [-0.4, -0.2) is 56.4 Å². The molecule has 0 aromatic heterocycles. The molecule has 1 heterocycles. The summed E-state index contributed by atoms with van der Waals surface area (Å²) in [5.41, 5.74) is 6.06. The average Bonchev–Trinajstić information content (AvgIpc) is 2.83. The number of hydrogen-bond donors (Lipinski definition) is 1. The van der Waals surface area contributed by atoms with E-state index in [1.165, 1.54) is 12.8 Å². The Hall–Kier alpha value is -0.0800. The van der Waals surface area contributed by atoms with Crippen LogP contribution >= 0.6 is 24.0 Å². The summed E-state index contributed by atoms with van der Waals surface area (Å²) in [6.45, 7) is 5.28. The van der Waals surface area contributed by atoms with Crippen LogP contribution in [0.3, 0.4) is 0 Å². The van der Waals surface area contributed by atoms with Crippen LogP contribution in [0.15, 0.2) is 4.99 Å². The first-order valence-corrected chi connectivity index (χ1v) is 6.90. The van der Waals surface area contributed by atoms with E-state index in [1.54, 1.807) is 7.11 Å². The first-order valence-electron chi connectivity index (χ1n) is 6.90. The average molecular weight is 383 g/mol. The van der Waals surface area contributed by atoms with Gasteiger partial charge in [-0.2, -0.15) is 0 Å². The third-order valence-corrected chi connectivity index (χ3v) is 3.94. The van der Waals surface area contributed by atoms with Gasteiger partial charge in [-0.15, -0.1) is 24.0 Å². The van der Waals surface area contributed by atoms with Crippen LogP contribution in [0.1, 0.15) is 26.2 Å². The second kappa shape index (κ2) is 8.26. The van der Waals surface area contributed by atoms with Gasteiger partial charge in [-0.25, -0.2) is 0 Å². The molecule has 2 N–H and O–H groups in total. The van der Waals surface area contributed by atoms with Crippen LogP contribution in [0.5, 0.6) is 0 Å². The van der Waals surface area contributed by atoms with Gasteiger partial charge in [0.1, 0.15) is 0 Å². The lowest BCUT2D eigenvalue weighted by atomic mass is 10.1. The molecular weight excluding hydrogens is 357 g/mol. The molecule has 2 fully saturated rings. The number of aliphatic imine (C=N–C) groups is 1. The minimum atomic E-state index is 0. The molecule has 0 aromatic rings. The number of ether oxygens (including phenoxy) is 2. The number of hydrogen-bond acceptors (Lipinski definition) is 3. The Labute approximate surface area is 132 Å². The zero-order valence-electron chi connectivity index (χ0n) is 11.9. The normalized spacial score (nSPS) is 32.2. The van der Waals surface area contributed by atoms with Gasteiger partial charge in [0.25, 0.3) is 0 Å². The molecule has 1 aliphatic heterocycles. The monoisotopic (exact) mass is 383 g/mol. The second-order valence-electron chi connectivity index (χ2n) is 5.29. The quantitative estimate of drug-likeness (QED) is 0.456. The van der Waals surface area contributed by atoms with Crippen molar-refractivity contribution in [1.29, 1.82) is 0 Å². The molecule has 1 aliphatic carbocycles. The second-order valence-corrected chi connectivity index (χ2v) is 5.29. The highest BCUT2D eigenvalue weighted by Gasteiger charge is 2.27. The van der Waals surface area contributed by atoms with Crippen molar-refractivity contribution in [2.45, 2.75) is 38.4 Å². The van der Waals surface area contributed by atoms with E-state index in [0.29, 0.717) is 18.0 Å². The van der Waals surface area contributed by atoms with Crippen molar-refractivity contribution in [3.8, 4) is 0 Å². The molecule has 0 amide bonds. The Bertz CT molecular complexity index is 302. The molecule has 0 radical (unpaired) electrons. The molecule has 3 atom stereocenters. The maximum Gasteiger partial charge on any atom is 0.191 e. The SMILES string of the molecule is COC1CCCC1CN=C(N)N1CCOC(C)C1.I. The topological polar surface area (TPSA) is 60.1 Å². The van der Waals surface area contributed by atoms with Gasteiger partial charge in [-0.1, -0.05) is 6.42 Å². The third-order valence-electron chi connectivity index (χ3n) is 3.94. The van der Waals surface area contributed by atoms with Crippen LogP contribution in [0.4, 0.5) is 0 Å². The standard InChI is InChI=1S/C13H25N3O2.HI/c1-10-9-16(6-7-18-10)13(14)15-8-11-4-3-5-12(11)17-2;/h10-12H,3-9H2,1-2H3,(H2,14,15);1H. The van der Waals surface area contributed by atoms with E-state index in [-0.39, 0.29) is 30.1 Å². The van der Waals surface area contributed by atoms with Crippen molar-refractivity contribution in [2.75, 3.05) is 33.4 Å². The van der Waals surface area contributed by atoms with Crippen molar-refractivity contribution in [3.05, 3.63) is 0 Å². The van der Waals surface area contributed by atoms with Crippen molar-refractivity contribution < 1.29 is 9.47 Å². The van der Waals surface area contributed by atoms with Crippen molar-refractivity contribution in [2.24, 2.45) is 16.6 Å². The van der Waals surface area contributed by atoms with Crippen LogP contribution in [0.25, 0.3) is 0 Å². The molecule has 19 heavy (non-hydrogen) atoms. The van der Waals surface area contributed by atoms with E-state index < -0.39 is 0 Å². The summed E-state index contributed by atoms with van der Waals surface area (Å²) >= 11 is 0. The Morgan fingerprint density at radius 3 is 2.95 bits per heavy atom. The minimum Gasteiger partial charge on any atom is -0.381 e. The Morgan fingerprint density at radius 2 is 2.26 bits per heavy atom. The summed E-state index contributed by atoms with van der Waals surface area (Å²) in [6.07, 6.45) is 4.21. The van der Waals surface area contributed by atoms with Gasteiger partial charge < -0.3 is 20.1 Å². The van der Waals surface area contributed by atoms with Crippen LogP contribution in [0.2, 0.25) is 0 Å². The molecule has 0 spiro atoms. The predicted octanol–water partition coefficient (Wildman–Crippen LogP) is 1.45. The van der Waals surface area contributed by atoms with E-state index in [2.05, 4.69) is 16.8 Å². The summed E-state index contributed by atoms with van der Waals surface area (Å²) in [4.78, 5) is 6.66. The number of morpholine rings is 1. The third kappa shape index (κ3) is 4.75. The number of methoxy groups -OCH3 is 1. The fraction of sp³-hybridized carbons (Fsp3) is 0.923. The summed E-state index contributed by atoms with van der Waals surface area (Å²) < 4.78 is 11.0. The van der Waals surface area contributed by atoms with Gasteiger partial charge in [0.05, 0.1) is 18.8 Å². The lowest BCUT2D eigenvalue weighted by Gasteiger charge is -2.32. The smallest absolute Gasteiger partial charge is 0.191 e. The molecule has 3 unspecified atom stereocenters. The molecular formula is C13H26IN3O2. The molecule has 1 saturated carbocycles. The molecule has 1 saturated heterocycles. The summed E-state index contributed by atoms with van der Waals surface area (Å²) in [6, 6.07) is 0. The lowest BCUT2D eigenvalue weighted by Crippen LogP contribution is -2.48. The zero-order chi connectivity index (χ0) is 13.0. The number of guanidine groups is 1. The maximum absolute atomic E-state index is 6.06. The van der Waals surface area contributed by atoms with E-state index in [1.807, 2.05) is 0 Å². The van der Waals surface area contributed by atoms with Gasteiger partial charge in [0, 0.05) is 32.7 Å². The zero-order valence-corrected chi connectivity index (χ0v) is 14.2. The molecule has 5 nitrogen and oxygen atoms in total. The summed E-state index contributed by atoms with van der Waals surface area (Å²) in [7, 11) is 1.79. The Balaban J connectivity index is 0.00000180. The van der Waals surface area contributed by atoms with E-state index >= 15 is 0 Å². The molecule has 0 aromatic carbocycles. The number of halogens is 1. The number of nitrogens with two attached hydrogens (primary N) is 1. The number of rotatable bonds is 3. The predicted molar refractivity (Wildman–Crippen MR) is 87.0 cm³/mol. The van der Waals surface area contributed by atoms with Gasteiger partial charge in [0.15, 0.2) is 5.96 Å². The summed E-state index contributed by atoms with van der Waals surface area (Å²) in [5.74, 6) is 1.19. The first kappa shape index (κ1) is 17.0. The van der Waals surface area contributed by atoms with Crippen LogP contribution in [0, 0.1) is 5.92 Å². The van der Waals surface area contributed by atoms with Crippen molar-refractivity contribution >= 4 is 29.9 Å².